The van der Waals surface area contributed by atoms with Crippen molar-refractivity contribution >= 4 is 22.6 Å². The third-order valence-electron chi connectivity index (χ3n) is 3.72. The maximum Gasteiger partial charge on any atom is 0.359 e. The van der Waals surface area contributed by atoms with E-state index in [0.29, 0.717) is 5.82 Å². The van der Waals surface area contributed by atoms with Gasteiger partial charge in [-0.05, 0) is 31.2 Å². The van der Waals surface area contributed by atoms with Crippen molar-refractivity contribution in [3.63, 3.8) is 0 Å². The van der Waals surface area contributed by atoms with Gasteiger partial charge in [-0.1, -0.05) is 12.1 Å². The molecule has 0 saturated carbocycles. The number of fused-ring (bicyclic) bond motifs is 2. The molecule has 0 aliphatic carbocycles. The minimum absolute atomic E-state index is 0.0445. The summed E-state index contributed by atoms with van der Waals surface area (Å²) in [5, 5.41) is 0. The van der Waals surface area contributed by atoms with Crippen LogP contribution in [0.15, 0.2) is 48.8 Å². The number of carbonyl (C=O) groups is 1. The van der Waals surface area contributed by atoms with Crippen LogP contribution in [0.2, 0.25) is 0 Å². The minimum atomic E-state index is -0.633. The van der Waals surface area contributed by atoms with Crippen LogP contribution >= 0.6 is 0 Å². The van der Waals surface area contributed by atoms with Crippen LogP contribution in [-0.2, 0) is 4.74 Å². The van der Waals surface area contributed by atoms with Crippen LogP contribution in [0, 0.1) is 5.82 Å². The Bertz CT molecular complexity index is 1020. The number of nitrogens with one attached hydrogen (secondary N) is 1. The molecule has 0 amide bonds. The van der Waals surface area contributed by atoms with Crippen molar-refractivity contribution in [2.75, 3.05) is 0 Å². The van der Waals surface area contributed by atoms with E-state index in [1.54, 1.807) is 13.1 Å². The Hall–Kier alpha value is -3.22. The zero-order valence-corrected chi connectivity index (χ0v) is 12.7. The second kappa shape index (κ2) is 5.45. The topological polar surface area (TPSA) is 72.3 Å². The van der Waals surface area contributed by atoms with E-state index in [1.807, 2.05) is 24.3 Å². The van der Waals surface area contributed by atoms with Crippen LogP contribution in [0.5, 0.6) is 0 Å². The molecule has 0 aliphatic rings. The van der Waals surface area contributed by atoms with Crippen molar-refractivity contribution in [1.29, 1.82) is 0 Å². The Balaban J connectivity index is 1.58. The van der Waals surface area contributed by atoms with Crippen LogP contribution < -0.4 is 0 Å². The molecule has 120 valence electrons. The summed E-state index contributed by atoms with van der Waals surface area (Å²) >= 11 is 0. The Morgan fingerprint density at radius 2 is 2.08 bits per heavy atom. The third-order valence-corrected chi connectivity index (χ3v) is 3.72. The van der Waals surface area contributed by atoms with Gasteiger partial charge in [0.05, 0.1) is 11.0 Å². The van der Waals surface area contributed by atoms with E-state index < -0.39 is 17.9 Å². The summed E-state index contributed by atoms with van der Waals surface area (Å²) in [5.74, 6) is -0.590. The predicted molar refractivity (Wildman–Crippen MR) is 85.1 cm³/mol. The number of nitrogens with zero attached hydrogens (tertiary/aromatic N) is 3. The number of esters is 1. The maximum absolute atomic E-state index is 13.7. The van der Waals surface area contributed by atoms with E-state index in [9.17, 15) is 9.18 Å². The molecule has 0 fully saturated rings. The van der Waals surface area contributed by atoms with Gasteiger partial charge in [0, 0.05) is 12.4 Å². The molecule has 0 radical (unpaired) electrons. The number of ether oxygens (including phenoxy) is 1. The molecule has 1 unspecified atom stereocenters. The lowest BCUT2D eigenvalue weighted by Crippen LogP contribution is -2.10. The number of halogens is 1. The first-order valence-electron chi connectivity index (χ1n) is 7.40. The first kappa shape index (κ1) is 14.4. The highest BCUT2D eigenvalue weighted by Gasteiger charge is 2.20. The highest BCUT2D eigenvalue weighted by Crippen LogP contribution is 2.20. The zero-order chi connectivity index (χ0) is 16.7. The Labute approximate surface area is 135 Å². The molecule has 0 spiro atoms. The summed E-state index contributed by atoms with van der Waals surface area (Å²) in [5.41, 5.74) is 1.79. The largest absolute Gasteiger partial charge is 0.450 e. The van der Waals surface area contributed by atoms with E-state index in [4.69, 9.17) is 4.74 Å². The standard InChI is InChI=1S/C17H13FN4O2/c1-10(15-19-12-6-2-3-7-13(12)20-15)24-17(23)14-9-22-8-4-5-11(18)16(22)21-14/h2-10H,1H3,(H,19,20). The number of aromatic amines is 1. The molecule has 3 heterocycles. The molecule has 4 aromatic rings. The van der Waals surface area contributed by atoms with Gasteiger partial charge in [-0.15, -0.1) is 0 Å². The molecule has 24 heavy (non-hydrogen) atoms. The summed E-state index contributed by atoms with van der Waals surface area (Å²) in [6.07, 6.45) is 2.47. The van der Waals surface area contributed by atoms with E-state index in [-0.39, 0.29) is 11.3 Å². The Kier molecular flexibility index (Phi) is 3.26. The molecule has 0 bridgehead atoms. The average molecular weight is 324 g/mol. The van der Waals surface area contributed by atoms with Crippen molar-refractivity contribution in [3.8, 4) is 0 Å². The molecule has 1 aromatic carbocycles. The van der Waals surface area contributed by atoms with Gasteiger partial charge in [-0.3, -0.25) is 0 Å². The Morgan fingerprint density at radius 1 is 1.25 bits per heavy atom. The lowest BCUT2D eigenvalue weighted by molar-refractivity contribution is 0.0316. The fourth-order valence-electron chi connectivity index (χ4n) is 2.52. The van der Waals surface area contributed by atoms with Crippen molar-refractivity contribution in [2.45, 2.75) is 13.0 Å². The van der Waals surface area contributed by atoms with Gasteiger partial charge in [-0.25, -0.2) is 19.2 Å². The molecule has 6 nitrogen and oxygen atoms in total. The van der Waals surface area contributed by atoms with Crippen LogP contribution in [-0.4, -0.2) is 25.3 Å². The van der Waals surface area contributed by atoms with Gasteiger partial charge in [0.1, 0.15) is 5.82 Å². The SMILES string of the molecule is CC(OC(=O)c1cn2cccc(F)c2n1)c1nc2ccccc2[nH]1. The summed E-state index contributed by atoms with van der Waals surface area (Å²) in [7, 11) is 0. The fourth-order valence-corrected chi connectivity index (χ4v) is 2.52. The highest BCUT2D eigenvalue weighted by molar-refractivity contribution is 5.88. The molecule has 0 aliphatic heterocycles. The van der Waals surface area contributed by atoms with Crippen molar-refractivity contribution < 1.29 is 13.9 Å². The third kappa shape index (κ3) is 2.40. The number of pyridine rings is 1. The van der Waals surface area contributed by atoms with Gasteiger partial charge in [0.25, 0.3) is 0 Å². The molecule has 0 saturated heterocycles. The second-order valence-corrected chi connectivity index (χ2v) is 5.40. The Morgan fingerprint density at radius 3 is 2.88 bits per heavy atom. The van der Waals surface area contributed by atoms with E-state index in [1.165, 1.54) is 22.7 Å². The molecule has 1 atom stereocenters. The first-order chi connectivity index (χ1) is 11.6. The average Bonchev–Trinajstić information content (AvgIpc) is 3.19. The summed E-state index contributed by atoms with van der Waals surface area (Å²) < 4.78 is 20.5. The summed E-state index contributed by atoms with van der Waals surface area (Å²) in [4.78, 5) is 23.8. The highest BCUT2D eigenvalue weighted by atomic mass is 19.1. The lowest BCUT2D eigenvalue weighted by atomic mass is 10.3. The van der Waals surface area contributed by atoms with E-state index >= 15 is 0 Å². The number of hydrogen-bond donors (Lipinski definition) is 1. The molecular formula is C17H13FN4O2. The number of H-pyrrole nitrogens is 1. The van der Waals surface area contributed by atoms with Crippen LogP contribution in [0.3, 0.4) is 0 Å². The number of aromatic nitrogens is 4. The van der Waals surface area contributed by atoms with Gasteiger partial charge >= 0.3 is 5.97 Å². The van der Waals surface area contributed by atoms with Gasteiger partial charge < -0.3 is 14.1 Å². The maximum atomic E-state index is 13.7. The van der Waals surface area contributed by atoms with Crippen molar-refractivity contribution in [2.24, 2.45) is 0 Å². The van der Waals surface area contributed by atoms with Crippen LogP contribution in [0.25, 0.3) is 16.7 Å². The molecule has 3 aromatic heterocycles. The van der Waals surface area contributed by atoms with Gasteiger partial charge in [0.15, 0.2) is 23.3 Å². The van der Waals surface area contributed by atoms with E-state index in [0.717, 1.165) is 11.0 Å². The molecular weight excluding hydrogens is 311 g/mol. The number of hydrogen-bond acceptors (Lipinski definition) is 4. The first-order valence-corrected chi connectivity index (χ1v) is 7.40. The van der Waals surface area contributed by atoms with Crippen molar-refractivity contribution in [3.05, 3.63) is 66.1 Å². The molecule has 7 heteroatoms. The van der Waals surface area contributed by atoms with Gasteiger partial charge in [-0.2, -0.15) is 0 Å². The molecule has 1 N–H and O–H groups in total. The number of carbonyl (C=O) groups excluding carboxylic acids is 1. The summed E-state index contributed by atoms with van der Waals surface area (Å²) in [6, 6.07) is 10.4. The second-order valence-electron chi connectivity index (χ2n) is 5.40. The number of rotatable bonds is 3. The number of benzene rings is 1. The quantitative estimate of drug-likeness (QED) is 0.587. The smallest absolute Gasteiger partial charge is 0.359 e. The number of imidazole rings is 2. The zero-order valence-electron chi connectivity index (χ0n) is 12.7. The monoisotopic (exact) mass is 324 g/mol. The summed E-state index contributed by atoms with van der Waals surface area (Å²) in [6.45, 7) is 1.71. The normalized spacial score (nSPS) is 12.6. The molecule has 4 rings (SSSR count). The van der Waals surface area contributed by atoms with E-state index in [2.05, 4.69) is 15.0 Å². The van der Waals surface area contributed by atoms with Crippen molar-refractivity contribution in [1.82, 2.24) is 19.4 Å². The van der Waals surface area contributed by atoms with Crippen LogP contribution in [0.4, 0.5) is 4.39 Å². The lowest BCUT2D eigenvalue weighted by Gasteiger charge is -2.09. The number of para-hydroxylation sites is 2. The van der Waals surface area contributed by atoms with Crippen LogP contribution in [0.1, 0.15) is 29.3 Å². The minimum Gasteiger partial charge on any atom is -0.450 e. The predicted octanol–water partition coefficient (Wildman–Crippen LogP) is 3.27. The fraction of sp³-hybridized carbons (Fsp3) is 0.118. The van der Waals surface area contributed by atoms with Gasteiger partial charge in [0.2, 0.25) is 0 Å².